The van der Waals surface area contributed by atoms with Crippen LogP contribution in [0.5, 0.6) is 0 Å². The highest BCUT2D eigenvalue weighted by atomic mass is 15.6. The van der Waals surface area contributed by atoms with Crippen LogP contribution in [0.15, 0.2) is 35.5 Å². The maximum atomic E-state index is 8.95. The summed E-state index contributed by atoms with van der Waals surface area (Å²) < 4.78 is 0. The molecule has 1 N–H and O–H groups in total. The van der Waals surface area contributed by atoms with Gasteiger partial charge in [-0.15, -0.1) is 15.0 Å². The molecule has 2 aromatic rings. The summed E-state index contributed by atoms with van der Waals surface area (Å²) >= 11 is 0. The average Bonchev–Trinajstić information content (AvgIpc) is 2.94. The molecule has 0 amide bonds. The van der Waals surface area contributed by atoms with Crippen LogP contribution >= 0.6 is 0 Å². The van der Waals surface area contributed by atoms with Crippen LogP contribution in [0.25, 0.3) is 5.69 Å². The van der Waals surface area contributed by atoms with Crippen molar-refractivity contribution in [2.45, 2.75) is 6.92 Å². The summed E-state index contributed by atoms with van der Waals surface area (Å²) in [7, 11) is 0. The minimum Gasteiger partial charge on any atom is -0.345 e. The molecule has 1 aromatic carbocycles. The van der Waals surface area contributed by atoms with Crippen LogP contribution in [0.4, 0.5) is 5.69 Å². The normalized spacial score (nSPS) is 9.05. The summed E-state index contributed by atoms with van der Waals surface area (Å²) in [4.78, 5) is 1.37. The summed E-state index contributed by atoms with van der Waals surface area (Å²) in [5.41, 5.74) is 0.900. The van der Waals surface area contributed by atoms with Crippen molar-refractivity contribution in [1.82, 2.24) is 20.2 Å². The molecule has 0 aliphatic rings. The first kappa shape index (κ1) is 13.7. The van der Waals surface area contributed by atoms with E-state index in [0.29, 0.717) is 17.2 Å². The molecular weight excluding hydrogens is 268 g/mol. The average molecular weight is 276 g/mol. The molecule has 0 unspecified atom stereocenters. The number of hydrogen-bond acceptors (Lipinski definition) is 7. The van der Waals surface area contributed by atoms with Crippen LogP contribution in [0.2, 0.25) is 0 Å². The Morgan fingerprint density at radius 1 is 1.10 bits per heavy atom. The van der Waals surface area contributed by atoms with E-state index in [0.717, 1.165) is 0 Å². The predicted molar refractivity (Wildman–Crippen MR) is 71.4 cm³/mol. The Bertz CT molecular complexity index is 792. The minimum absolute atomic E-state index is 0.0949. The van der Waals surface area contributed by atoms with Crippen LogP contribution in [0.3, 0.4) is 0 Å². The van der Waals surface area contributed by atoms with Crippen molar-refractivity contribution < 1.29 is 0 Å². The Morgan fingerprint density at radius 3 is 2.24 bits per heavy atom. The van der Waals surface area contributed by atoms with E-state index in [2.05, 4.69) is 20.7 Å². The van der Waals surface area contributed by atoms with Gasteiger partial charge in [0.15, 0.2) is 11.4 Å². The van der Waals surface area contributed by atoms with Gasteiger partial charge in [-0.2, -0.15) is 15.8 Å². The molecule has 8 heteroatoms. The summed E-state index contributed by atoms with van der Waals surface area (Å²) in [6.07, 6.45) is 0. The quantitative estimate of drug-likeness (QED) is 0.834. The van der Waals surface area contributed by atoms with E-state index in [4.69, 9.17) is 15.8 Å². The van der Waals surface area contributed by atoms with Gasteiger partial charge in [0.2, 0.25) is 0 Å². The van der Waals surface area contributed by atoms with E-state index < -0.39 is 0 Å². The third-order valence-electron chi connectivity index (χ3n) is 2.47. The number of hydrogen-bond donors (Lipinski definition) is 1. The van der Waals surface area contributed by atoms with Crippen molar-refractivity contribution in [2.75, 3.05) is 5.32 Å². The Labute approximate surface area is 120 Å². The van der Waals surface area contributed by atoms with Crippen LogP contribution in [-0.4, -0.2) is 20.2 Å². The number of anilines is 1. The zero-order valence-corrected chi connectivity index (χ0v) is 10.9. The van der Waals surface area contributed by atoms with Gasteiger partial charge in [0.1, 0.15) is 23.9 Å². The number of nitrogens with zero attached hydrogens (tertiary/aromatic N) is 7. The predicted octanol–water partition coefficient (Wildman–Crippen LogP) is 1.21. The summed E-state index contributed by atoms with van der Waals surface area (Å²) in [6.45, 7) is 1.73. The van der Waals surface area contributed by atoms with Crippen LogP contribution in [0, 0.1) is 40.9 Å². The molecule has 0 saturated carbocycles. The Morgan fingerprint density at radius 2 is 1.76 bits per heavy atom. The van der Waals surface area contributed by atoms with Gasteiger partial charge in [-0.3, -0.25) is 0 Å². The number of nitrogens with one attached hydrogen (secondary N) is 1. The van der Waals surface area contributed by atoms with E-state index in [1.165, 1.54) is 4.80 Å². The molecule has 0 aliphatic carbocycles. The van der Waals surface area contributed by atoms with Gasteiger partial charge in [0.05, 0.1) is 5.69 Å². The highest BCUT2D eigenvalue weighted by Gasteiger charge is 2.06. The Kier molecular flexibility index (Phi) is 3.90. The van der Waals surface area contributed by atoms with Crippen molar-refractivity contribution in [3.05, 3.63) is 41.4 Å². The van der Waals surface area contributed by atoms with Gasteiger partial charge < -0.3 is 5.32 Å². The molecule has 0 bridgehead atoms. The molecule has 8 nitrogen and oxygen atoms in total. The van der Waals surface area contributed by atoms with Crippen LogP contribution < -0.4 is 5.32 Å². The lowest BCUT2D eigenvalue weighted by Gasteiger charge is -2.05. The highest BCUT2D eigenvalue weighted by Crippen LogP contribution is 2.15. The number of allylic oxidation sites excluding steroid dienone is 2. The molecule has 0 radical (unpaired) electrons. The molecule has 100 valence electrons. The molecule has 2 rings (SSSR count). The second kappa shape index (κ2) is 5.96. The first-order chi connectivity index (χ1) is 10.2. The number of aromatic nitrogens is 4. The first-order valence-electron chi connectivity index (χ1n) is 5.76. The van der Waals surface area contributed by atoms with Gasteiger partial charge in [-0.05, 0) is 36.4 Å². The molecule has 0 spiro atoms. The number of benzene rings is 1. The summed E-state index contributed by atoms with van der Waals surface area (Å²) in [6, 6.07) is 11.9. The fraction of sp³-hybridized carbons (Fsp3) is 0.0769. The fourth-order valence-corrected chi connectivity index (χ4v) is 1.50. The zero-order valence-electron chi connectivity index (χ0n) is 10.9. The first-order valence-corrected chi connectivity index (χ1v) is 5.76. The van der Waals surface area contributed by atoms with E-state index in [1.54, 1.807) is 49.4 Å². The SMILES string of the molecule is Cc1nnn(-c2ccc(NC(C#N)=C(C#N)C#N)cc2)n1. The van der Waals surface area contributed by atoms with Crippen molar-refractivity contribution in [3.8, 4) is 23.9 Å². The van der Waals surface area contributed by atoms with Gasteiger partial charge >= 0.3 is 0 Å². The highest BCUT2D eigenvalue weighted by molar-refractivity contribution is 5.59. The van der Waals surface area contributed by atoms with E-state index >= 15 is 0 Å². The molecule has 1 heterocycles. The lowest BCUT2D eigenvalue weighted by atomic mass is 10.2. The van der Waals surface area contributed by atoms with Crippen LogP contribution in [-0.2, 0) is 0 Å². The van der Waals surface area contributed by atoms with Crippen molar-refractivity contribution >= 4 is 5.69 Å². The summed E-state index contributed by atoms with van der Waals surface area (Å²) in [5.74, 6) is 0.555. The smallest absolute Gasteiger partial charge is 0.172 e. The molecule has 0 atom stereocenters. The largest absolute Gasteiger partial charge is 0.345 e. The van der Waals surface area contributed by atoms with E-state index in [1.807, 2.05) is 0 Å². The monoisotopic (exact) mass is 276 g/mol. The van der Waals surface area contributed by atoms with Crippen molar-refractivity contribution in [3.63, 3.8) is 0 Å². The summed E-state index contributed by atoms with van der Waals surface area (Å²) in [5, 5.41) is 40.9. The standard InChI is InChI=1S/C13H8N8/c1-9-18-20-21(19-9)12-4-2-11(3-5-12)17-13(8-16)10(6-14)7-15/h2-5,17H,1H3. The number of aryl methyl sites for hydroxylation is 1. The number of tetrazole rings is 1. The molecule has 0 saturated heterocycles. The lowest BCUT2D eigenvalue weighted by molar-refractivity contribution is 0.719. The van der Waals surface area contributed by atoms with Crippen molar-refractivity contribution in [1.29, 1.82) is 15.8 Å². The molecule has 0 fully saturated rings. The van der Waals surface area contributed by atoms with Gasteiger partial charge in [-0.1, -0.05) is 0 Å². The van der Waals surface area contributed by atoms with Crippen LogP contribution in [0.1, 0.15) is 5.82 Å². The maximum Gasteiger partial charge on any atom is 0.172 e. The third kappa shape index (κ3) is 3.01. The van der Waals surface area contributed by atoms with Crippen molar-refractivity contribution in [2.24, 2.45) is 0 Å². The Balaban J connectivity index is 2.25. The maximum absolute atomic E-state index is 8.95. The number of nitriles is 3. The molecule has 1 aromatic heterocycles. The molecule has 21 heavy (non-hydrogen) atoms. The minimum atomic E-state index is -0.268. The lowest BCUT2D eigenvalue weighted by Crippen LogP contribution is -2.02. The van der Waals surface area contributed by atoms with E-state index in [-0.39, 0.29) is 11.3 Å². The van der Waals surface area contributed by atoms with Gasteiger partial charge in [0.25, 0.3) is 0 Å². The topological polar surface area (TPSA) is 127 Å². The second-order valence-corrected chi connectivity index (χ2v) is 3.88. The van der Waals surface area contributed by atoms with Gasteiger partial charge in [-0.25, -0.2) is 0 Å². The van der Waals surface area contributed by atoms with Gasteiger partial charge in [0, 0.05) is 5.69 Å². The molecular formula is C13H8N8. The zero-order chi connectivity index (χ0) is 15.2. The molecule has 0 aliphatic heterocycles. The third-order valence-corrected chi connectivity index (χ3v) is 2.47. The Hall–Kier alpha value is -3.70. The second-order valence-electron chi connectivity index (χ2n) is 3.88. The van der Waals surface area contributed by atoms with E-state index in [9.17, 15) is 0 Å². The fourth-order valence-electron chi connectivity index (χ4n) is 1.50. The number of rotatable bonds is 3.